The van der Waals surface area contributed by atoms with Gasteiger partial charge in [0.05, 0.1) is 18.2 Å². The third kappa shape index (κ3) is 5.44. The maximum atomic E-state index is 12.2. The summed E-state index contributed by atoms with van der Waals surface area (Å²) >= 11 is 0. The number of benzene rings is 2. The molecule has 0 aliphatic rings. The highest BCUT2D eigenvalue weighted by Crippen LogP contribution is 2.22. The molecule has 132 valence electrons. The van der Waals surface area contributed by atoms with E-state index >= 15 is 0 Å². The van der Waals surface area contributed by atoms with Crippen molar-refractivity contribution in [2.24, 2.45) is 0 Å². The van der Waals surface area contributed by atoms with Gasteiger partial charge in [0, 0.05) is 13.0 Å². The summed E-state index contributed by atoms with van der Waals surface area (Å²) in [6.07, 6.45) is 0.235. The van der Waals surface area contributed by atoms with Crippen LogP contribution in [0.15, 0.2) is 54.6 Å². The van der Waals surface area contributed by atoms with E-state index in [0.29, 0.717) is 6.54 Å². The number of nitrogens with zero attached hydrogens (tertiary/aromatic N) is 3. The van der Waals surface area contributed by atoms with Crippen LogP contribution in [0.3, 0.4) is 0 Å². The quantitative estimate of drug-likeness (QED) is 0.745. The molecule has 2 rings (SSSR count). The van der Waals surface area contributed by atoms with Crippen molar-refractivity contribution in [3.8, 4) is 12.1 Å². The molecule has 2 aromatic rings. The van der Waals surface area contributed by atoms with E-state index in [4.69, 9.17) is 10.5 Å². The Morgan fingerprint density at radius 2 is 1.58 bits per heavy atom. The summed E-state index contributed by atoms with van der Waals surface area (Å²) < 4.78 is 0. The van der Waals surface area contributed by atoms with Gasteiger partial charge in [-0.15, -0.1) is 0 Å². The molecule has 1 N–H and O–H groups in total. The number of carbonyl (C=O) groups is 1. The molecule has 0 heterocycles. The second kappa shape index (κ2) is 9.98. The molecule has 0 unspecified atom stereocenters. The molecular weight excluding hydrogens is 324 g/mol. The summed E-state index contributed by atoms with van der Waals surface area (Å²) in [5, 5.41) is 21.0. The zero-order chi connectivity index (χ0) is 18.8. The lowest BCUT2D eigenvalue weighted by Crippen LogP contribution is -2.34. The van der Waals surface area contributed by atoms with Crippen molar-refractivity contribution in [1.29, 1.82) is 10.5 Å². The molecule has 0 fully saturated rings. The van der Waals surface area contributed by atoms with Gasteiger partial charge in [0.25, 0.3) is 0 Å². The first-order valence-electron chi connectivity index (χ1n) is 8.52. The van der Waals surface area contributed by atoms with E-state index in [-0.39, 0.29) is 31.5 Å². The Labute approximate surface area is 154 Å². The van der Waals surface area contributed by atoms with Crippen LogP contribution in [-0.4, -0.2) is 30.4 Å². The van der Waals surface area contributed by atoms with Gasteiger partial charge in [0.1, 0.15) is 13.1 Å². The van der Waals surface area contributed by atoms with E-state index in [0.717, 1.165) is 11.1 Å². The van der Waals surface area contributed by atoms with Gasteiger partial charge in [-0.2, -0.15) is 10.5 Å². The molecule has 2 aromatic carbocycles. The minimum atomic E-state index is -0.198. The zero-order valence-electron chi connectivity index (χ0n) is 14.9. The Balaban J connectivity index is 2.06. The molecule has 1 atom stereocenters. The van der Waals surface area contributed by atoms with Crippen LogP contribution in [0.4, 0.5) is 0 Å². The van der Waals surface area contributed by atoms with Crippen molar-refractivity contribution in [3.05, 3.63) is 71.3 Å². The smallest absolute Gasteiger partial charge is 0.225 e. The van der Waals surface area contributed by atoms with Crippen molar-refractivity contribution >= 4 is 5.91 Å². The van der Waals surface area contributed by atoms with Crippen LogP contribution < -0.4 is 5.32 Å². The Morgan fingerprint density at radius 3 is 2.15 bits per heavy atom. The average Bonchev–Trinajstić information content (AvgIpc) is 2.66. The number of nitriles is 2. The fourth-order valence-electron chi connectivity index (χ4n) is 2.72. The zero-order valence-corrected chi connectivity index (χ0v) is 14.9. The minimum absolute atomic E-state index is 0.0232. The molecule has 0 aliphatic carbocycles. The minimum Gasteiger partial charge on any atom is -0.316 e. The first-order chi connectivity index (χ1) is 12.7. The predicted molar refractivity (Wildman–Crippen MR) is 99.9 cm³/mol. The lowest BCUT2D eigenvalue weighted by atomic mass is 9.98. The number of hydrogen-bond donors (Lipinski definition) is 1. The maximum absolute atomic E-state index is 12.2. The molecule has 0 aromatic heterocycles. The Kier molecular flexibility index (Phi) is 7.36. The van der Waals surface area contributed by atoms with Crippen LogP contribution >= 0.6 is 0 Å². The Bertz CT molecular complexity index is 772. The topological polar surface area (TPSA) is 79.9 Å². The highest BCUT2D eigenvalue weighted by molar-refractivity contribution is 5.76. The molecular formula is C21H22N4O. The molecule has 5 nitrogen and oxygen atoms in total. The number of carbonyl (C=O) groups excluding carboxylic acids is 1. The first kappa shape index (κ1) is 19.2. The SMILES string of the molecule is Cc1ccc([C@H](NCCC(=O)N(CC#N)CC#N)c2ccccc2)cc1. The van der Waals surface area contributed by atoms with Gasteiger partial charge in [0.15, 0.2) is 0 Å². The molecule has 0 bridgehead atoms. The lowest BCUT2D eigenvalue weighted by molar-refractivity contribution is -0.129. The van der Waals surface area contributed by atoms with Gasteiger partial charge in [-0.05, 0) is 18.1 Å². The third-order valence-corrected chi connectivity index (χ3v) is 4.11. The number of amides is 1. The van der Waals surface area contributed by atoms with Crippen LogP contribution in [0.25, 0.3) is 0 Å². The Hall–Kier alpha value is -3.15. The van der Waals surface area contributed by atoms with Crippen LogP contribution in [-0.2, 0) is 4.79 Å². The monoisotopic (exact) mass is 346 g/mol. The van der Waals surface area contributed by atoms with Crippen LogP contribution in [0.2, 0.25) is 0 Å². The van der Waals surface area contributed by atoms with Gasteiger partial charge >= 0.3 is 0 Å². The van der Waals surface area contributed by atoms with E-state index < -0.39 is 0 Å². The summed E-state index contributed by atoms with van der Waals surface area (Å²) in [6, 6.07) is 22.2. The molecule has 0 spiro atoms. The maximum Gasteiger partial charge on any atom is 0.225 e. The number of nitrogens with one attached hydrogen (secondary N) is 1. The number of rotatable bonds is 8. The van der Waals surface area contributed by atoms with Crippen molar-refractivity contribution in [1.82, 2.24) is 10.2 Å². The lowest BCUT2D eigenvalue weighted by Gasteiger charge is -2.21. The van der Waals surface area contributed by atoms with Crippen LogP contribution in [0.5, 0.6) is 0 Å². The van der Waals surface area contributed by atoms with Gasteiger partial charge in [0.2, 0.25) is 5.91 Å². The van der Waals surface area contributed by atoms with E-state index in [1.165, 1.54) is 10.5 Å². The molecule has 1 amide bonds. The highest BCUT2D eigenvalue weighted by Gasteiger charge is 2.16. The average molecular weight is 346 g/mol. The van der Waals surface area contributed by atoms with Crippen molar-refractivity contribution in [2.75, 3.05) is 19.6 Å². The van der Waals surface area contributed by atoms with Gasteiger partial charge in [-0.3, -0.25) is 4.79 Å². The predicted octanol–water partition coefficient (Wildman–Crippen LogP) is 2.94. The normalized spacial score (nSPS) is 11.2. The fraction of sp³-hybridized carbons (Fsp3) is 0.286. The fourth-order valence-corrected chi connectivity index (χ4v) is 2.72. The summed E-state index contributed by atoms with van der Waals surface area (Å²) in [7, 11) is 0. The van der Waals surface area contributed by atoms with E-state index in [1.54, 1.807) is 0 Å². The summed E-state index contributed by atoms with van der Waals surface area (Å²) in [6.45, 7) is 2.38. The van der Waals surface area contributed by atoms with E-state index in [1.807, 2.05) is 37.3 Å². The molecule has 0 radical (unpaired) electrons. The van der Waals surface area contributed by atoms with Crippen molar-refractivity contribution < 1.29 is 4.79 Å². The van der Waals surface area contributed by atoms with Gasteiger partial charge < -0.3 is 10.2 Å². The molecule has 0 saturated heterocycles. The van der Waals surface area contributed by atoms with Crippen molar-refractivity contribution in [2.45, 2.75) is 19.4 Å². The largest absolute Gasteiger partial charge is 0.316 e. The van der Waals surface area contributed by atoms with E-state index in [9.17, 15) is 4.79 Å². The third-order valence-electron chi connectivity index (χ3n) is 4.11. The van der Waals surface area contributed by atoms with Crippen molar-refractivity contribution in [3.63, 3.8) is 0 Å². The second-order valence-corrected chi connectivity index (χ2v) is 6.02. The summed E-state index contributed by atoms with van der Waals surface area (Å²) in [5.41, 5.74) is 3.44. The molecule has 0 aliphatic heterocycles. The highest BCUT2D eigenvalue weighted by atomic mass is 16.2. The van der Waals surface area contributed by atoms with Crippen LogP contribution in [0.1, 0.15) is 29.2 Å². The number of hydrogen-bond acceptors (Lipinski definition) is 4. The molecule has 5 heteroatoms. The van der Waals surface area contributed by atoms with Gasteiger partial charge in [-0.1, -0.05) is 60.2 Å². The van der Waals surface area contributed by atoms with Gasteiger partial charge in [-0.25, -0.2) is 0 Å². The summed E-state index contributed by atoms with van der Waals surface area (Å²) in [5.74, 6) is -0.198. The molecule has 0 saturated carbocycles. The molecule has 26 heavy (non-hydrogen) atoms. The first-order valence-corrected chi connectivity index (χ1v) is 8.52. The second-order valence-electron chi connectivity index (χ2n) is 6.02. The number of aryl methyl sites for hydroxylation is 1. The summed E-state index contributed by atoms with van der Waals surface area (Å²) in [4.78, 5) is 13.5. The Morgan fingerprint density at radius 1 is 1.00 bits per heavy atom. The van der Waals surface area contributed by atoms with Crippen LogP contribution in [0, 0.1) is 29.6 Å². The standard InChI is InChI=1S/C21H22N4O/c1-17-7-9-19(10-8-17)21(18-5-3-2-4-6-18)24-14-11-20(26)25(15-12-22)16-13-23/h2-10,21,24H,11,14-16H2,1H3/t21-/m1/s1. The van der Waals surface area contributed by atoms with E-state index in [2.05, 4.69) is 41.7 Å².